The van der Waals surface area contributed by atoms with Crippen LogP contribution in [0.2, 0.25) is 0 Å². The number of hydrogen-bond donors (Lipinski definition) is 1. The Balaban J connectivity index is 1.63. The molecule has 25 heavy (non-hydrogen) atoms. The van der Waals surface area contributed by atoms with E-state index in [4.69, 9.17) is 0 Å². The smallest absolute Gasteiger partial charge is 0.228 e. The van der Waals surface area contributed by atoms with Crippen LogP contribution >= 0.6 is 11.3 Å². The van der Waals surface area contributed by atoms with Crippen molar-refractivity contribution in [2.45, 2.75) is 33.1 Å². The average Bonchev–Trinajstić information content (AvgIpc) is 3.03. The number of nitrogens with one attached hydrogen (secondary N) is 1. The molecule has 0 radical (unpaired) electrons. The van der Waals surface area contributed by atoms with Crippen LogP contribution in [-0.2, 0) is 16.0 Å². The van der Waals surface area contributed by atoms with Gasteiger partial charge in [-0.2, -0.15) is 0 Å². The number of rotatable bonds is 4. The van der Waals surface area contributed by atoms with Gasteiger partial charge in [0.25, 0.3) is 0 Å². The highest BCUT2D eigenvalue weighted by molar-refractivity contribution is 7.13. The first kappa shape index (κ1) is 17.6. The number of benzene rings is 1. The van der Waals surface area contributed by atoms with Crippen LogP contribution in [0.5, 0.6) is 0 Å². The Morgan fingerprint density at radius 1 is 1.32 bits per heavy atom. The molecular weight excluding hydrogens is 334 g/mol. The van der Waals surface area contributed by atoms with E-state index in [0.717, 1.165) is 41.5 Å². The summed E-state index contributed by atoms with van der Waals surface area (Å²) in [5.74, 6) is 0.671. The second kappa shape index (κ2) is 7.78. The Bertz CT molecular complexity index is 754. The molecule has 1 aliphatic heterocycles. The Kier molecular flexibility index (Phi) is 5.48. The lowest BCUT2D eigenvalue weighted by atomic mass is 10.00. The molecule has 2 aromatic rings. The molecule has 1 fully saturated rings. The first-order chi connectivity index (χ1) is 12.0. The molecule has 1 aromatic heterocycles. The minimum Gasteiger partial charge on any atom is -0.342 e. The fourth-order valence-electron chi connectivity index (χ4n) is 3.10. The fourth-order valence-corrected chi connectivity index (χ4v) is 3.93. The zero-order valence-electron chi connectivity index (χ0n) is 14.6. The van der Waals surface area contributed by atoms with E-state index in [2.05, 4.69) is 17.2 Å². The van der Waals surface area contributed by atoms with E-state index in [0.29, 0.717) is 12.3 Å². The van der Waals surface area contributed by atoms with Gasteiger partial charge in [-0.25, -0.2) is 4.98 Å². The number of amides is 2. The van der Waals surface area contributed by atoms with Crippen LogP contribution in [0.15, 0.2) is 29.6 Å². The van der Waals surface area contributed by atoms with Gasteiger partial charge in [-0.05, 0) is 43.0 Å². The largest absolute Gasteiger partial charge is 0.342 e. The van der Waals surface area contributed by atoms with E-state index in [9.17, 15) is 9.59 Å². The molecule has 1 atom stereocenters. The molecule has 1 aromatic carbocycles. The number of aromatic nitrogens is 1. The second-order valence-electron chi connectivity index (χ2n) is 6.67. The van der Waals surface area contributed by atoms with Crippen LogP contribution in [0.1, 0.15) is 32.4 Å². The maximum absolute atomic E-state index is 12.5. The monoisotopic (exact) mass is 357 g/mol. The Labute approximate surface area is 152 Å². The number of carbonyl (C=O) groups is 2. The third-order valence-electron chi connectivity index (χ3n) is 4.35. The topological polar surface area (TPSA) is 62.3 Å². The van der Waals surface area contributed by atoms with Gasteiger partial charge >= 0.3 is 0 Å². The third-order valence-corrected chi connectivity index (χ3v) is 5.29. The Hall–Kier alpha value is -2.21. The second-order valence-corrected chi connectivity index (χ2v) is 7.52. The number of nitrogens with zero attached hydrogens (tertiary/aromatic N) is 2. The molecule has 1 unspecified atom stereocenters. The molecule has 0 spiro atoms. The van der Waals surface area contributed by atoms with E-state index in [1.807, 2.05) is 34.5 Å². The summed E-state index contributed by atoms with van der Waals surface area (Å²) in [6.07, 6.45) is 2.67. The van der Waals surface area contributed by atoms with Crippen molar-refractivity contribution in [1.29, 1.82) is 0 Å². The van der Waals surface area contributed by atoms with Gasteiger partial charge in [0.05, 0.1) is 12.1 Å². The summed E-state index contributed by atoms with van der Waals surface area (Å²) < 4.78 is 0. The molecule has 2 heterocycles. The van der Waals surface area contributed by atoms with Crippen LogP contribution in [0.25, 0.3) is 10.6 Å². The van der Waals surface area contributed by atoms with Gasteiger partial charge < -0.3 is 10.2 Å². The quantitative estimate of drug-likeness (QED) is 0.910. The Morgan fingerprint density at radius 3 is 2.76 bits per heavy atom. The normalized spacial score (nSPS) is 17.4. The van der Waals surface area contributed by atoms with Crippen molar-refractivity contribution in [3.05, 3.63) is 35.3 Å². The van der Waals surface area contributed by atoms with Crippen molar-refractivity contribution < 1.29 is 9.59 Å². The van der Waals surface area contributed by atoms with Gasteiger partial charge in [-0.1, -0.05) is 6.92 Å². The molecule has 5 nitrogen and oxygen atoms in total. The summed E-state index contributed by atoms with van der Waals surface area (Å²) in [6.45, 7) is 5.41. The van der Waals surface area contributed by atoms with Crippen molar-refractivity contribution >= 4 is 28.8 Å². The molecule has 0 aliphatic carbocycles. The SMILES string of the molecule is CC(=O)Nc1ccc(-c2nc(CC(=O)N3CCCC(C)C3)cs2)cc1. The van der Waals surface area contributed by atoms with E-state index in [1.165, 1.54) is 13.3 Å². The molecular formula is C19H23N3O2S. The molecule has 2 amide bonds. The highest BCUT2D eigenvalue weighted by atomic mass is 32.1. The van der Waals surface area contributed by atoms with Crippen molar-refractivity contribution in [2.24, 2.45) is 5.92 Å². The van der Waals surface area contributed by atoms with E-state index in [1.54, 1.807) is 11.3 Å². The van der Waals surface area contributed by atoms with Gasteiger partial charge in [-0.3, -0.25) is 9.59 Å². The summed E-state index contributed by atoms with van der Waals surface area (Å²) in [7, 11) is 0. The van der Waals surface area contributed by atoms with Crippen LogP contribution in [0.4, 0.5) is 5.69 Å². The molecule has 6 heteroatoms. The Morgan fingerprint density at radius 2 is 2.08 bits per heavy atom. The summed E-state index contributed by atoms with van der Waals surface area (Å²) in [5.41, 5.74) is 2.58. The predicted molar refractivity (Wildman–Crippen MR) is 101 cm³/mol. The van der Waals surface area contributed by atoms with Gasteiger partial charge in [0.1, 0.15) is 5.01 Å². The first-order valence-corrected chi connectivity index (χ1v) is 9.49. The van der Waals surface area contributed by atoms with E-state index < -0.39 is 0 Å². The minimum absolute atomic E-state index is 0.0881. The molecule has 132 valence electrons. The van der Waals surface area contributed by atoms with Crippen molar-refractivity contribution in [2.75, 3.05) is 18.4 Å². The lowest BCUT2D eigenvalue weighted by Crippen LogP contribution is -2.39. The van der Waals surface area contributed by atoms with Crippen molar-refractivity contribution in [3.63, 3.8) is 0 Å². The number of piperidine rings is 1. The maximum Gasteiger partial charge on any atom is 0.228 e. The molecule has 0 saturated carbocycles. The molecule has 1 saturated heterocycles. The van der Waals surface area contributed by atoms with Crippen LogP contribution in [0.3, 0.4) is 0 Å². The number of likely N-dealkylation sites (tertiary alicyclic amines) is 1. The number of anilines is 1. The first-order valence-electron chi connectivity index (χ1n) is 8.61. The fraction of sp³-hybridized carbons (Fsp3) is 0.421. The number of hydrogen-bond acceptors (Lipinski definition) is 4. The molecule has 1 N–H and O–H groups in total. The lowest BCUT2D eigenvalue weighted by molar-refractivity contribution is -0.132. The summed E-state index contributed by atoms with van der Waals surface area (Å²) in [4.78, 5) is 30.1. The van der Waals surface area contributed by atoms with Crippen LogP contribution in [0, 0.1) is 5.92 Å². The average molecular weight is 357 g/mol. The van der Waals surface area contributed by atoms with Gasteiger partial charge in [0.15, 0.2) is 0 Å². The van der Waals surface area contributed by atoms with Crippen LogP contribution in [-0.4, -0.2) is 34.8 Å². The highest BCUT2D eigenvalue weighted by Crippen LogP contribution is 2.26. The summed E-state index contributed by atoms with van der Waals surface area (Å²) in [6, 6.07) is 7.58. The lowest BCUT2D eigenvalue weighted by Gasteiger charge is -2.30. The van der Waals surface area contributed by atoms with E-state index in [-0.39, 0.29) is 11.8 Å². The van der Waals surface area contributed by atoms with Crippen molar-refractivity contribution in [1.82, 2.24) is 9.88 Å². The highest BCUT2D eigenvalue weighted by Gasteiger charge is 2.21. The molecule has 1 aliphatic rings. The minimum atomic E-state index is -0.0881. The summed E-state index contributed by atoms with van der Waals surface area (Å²) in [5, 5.41) is 5.60. The number of carbonyl (C=O) groups excluding carboxylic acids is 2. The van der Waals surface area contributed by atoms with E-state index >= 15 is 0 Å². The molecule has 3 rings (SSSR count). The van der Waals surface area contributed by atoms with Crippen molar-refractivity contribution in [3.8, 4) is 10.6 Å². The zero-order valence-corrected chi connectivity index (χ0v) is 15.4. The standard InChI is InChI=1S/C19H23N3O2S/c1-13-4-3-9-22(11-13)18(24)10-17-12-25-19(21-17)15-5-7-16(8-6-15)20-14(2)23/h5-8,12-13H,3-4,9-11H2,1-2H3,(H,20,23). The van der Waals surface area contributed by atoms with Gasteiger partial charge in [-0.15, -0.1) is 11.3 Å². The van der Waals surface area contributed by atoms with Gasteiger partial charge in [0, 0.05) is 36.6 Å². The summed E-state index contributed by atoms with van der Waals surface area (Å²) >= 11 is 1.54. The van der Waals surface area contributed by atoms with Gasteiger partial charge in [0.2, 0.25) is 11.8 Å². The zero-order chi connectivity index (χ0) is 17.8. The predicted octanol–water partition coefficient (Wildman–Crippen LogP) is 3.57. The number of thiazole rings is 1. The van der Waals surface area contributed by atoms with Crippen LogP contribution < -0.4 is 5.32 Å². The maximum atomic E-state index is 12.5. The molecule has 0 bridgehead atoms. The third kappa shape index (κ3) is 4.66.